The van der Waals surface area contributed by atoms with Gasteiger partial charge in [-0.2, -0.15) is 0 Å². The quantitative estimate of drug-likeness (QED) is 0.128. The Bertz CT molecular complexity index is 421. The minimum atomic E-state index is -2.17. The second kappa shape index (κ2) is 14.9. The molecule has 5 heteroatoms. The maximum absolute atomic E-state index is 12.7. The average Bonchev–Trinajstić information content (AvgIpc) is 2.62. The molecule has 0 heterocycles. The van der Waals surface area contributed by atoms with Gasteiger partial charge in [0.15, 0.2) is 6.10 Å². The van der Waals surface area contributed by atoms with Crippen LogP contribution in [-0.4, -0.2) is 26.4 Å². The van der Waals surface area contributed by atoms with Crippen LogP contribution in [0.25, 0.3) is 0 Å². The molecule has 0 saturated heterocycles. The molecule has 0 amide bonds. The largest absolute Gasteiger partial charge is 0.516 e. The predicted molar refractivity (Wildman–Crippen MR) is 115 cm³/mol. The summed E-state index contributed by atoms with van der Waals surface area (Å²) >= 11 is 0. The van der Waals surface area contributed by atoms with Gasteiger partial charge < -0.3 is 9.16 Å². The summed E-state index contributed by atoms with van der Waals surface area (Å²) in [7, 11) is -2.17. The van der Waals surface area contributed by atoms with Crippen LogP contribution in [0.1, 0.15) is 92.4 Å². The third kappa shape index (κ3) is 11.4. The van der Waals surface area contributed by atoms with Crippen molar-refractivity contribution in [1.82, 2.24) is 0 Å². The Morgan fingerprint density at radius 3 is 1.59 bits per heavy atom. The van der Waals surface area contributed by atoms with Crippen molar-refractivity contribution in [2.75, 3.05) is 0 Å². The lowest BCUT2D eigenvalue weighted by Gasteiger charge is -2.32. The molecule has 1 atom stereocenters. The zero-order valence-corrected chi connectivity index (χ0v) is 19.4. The maximum Gasteiger partial charge on any atom is 0.333 e. The molecule has 0 saturated carbocycles. The summed E-state index contributed by atoms with van der Waals surface area (Å²) in [4.78, 5) is 24.5. The van der Waals surface area contributed by atoms with E-state index in [2.05, 4.69) is 27.4 Å². The number of rotatable bonds is 16. The van der Waals surface area contributed by atoms with Gasteiger partial charge in [0, 0.05) is 5.57 Å². The molecule has 0 aliphatic heterocycles. The normalized spacial score (nSPS) is 12.5. The zero-order valence-electron chi connectivity index (χ0n) is 18.4. The van der Waals surface area contributed by atoms with E-state index in [0.29, 0.717) is 5.57 Å². The summed E-state index contributed by atoms with van der Waals surface area (Å²) in [5, 5.41) is 0. The highest BCUT2D eigenvalue weighted by Crippen LogP contribution is 2.31. The molecule has 0 bridgehead atoms. The van der Waals surface area contributed by atoms with Crippen molar-refractivity contribution < 1.29 is 18.8 Å². The summed E-state index contributed by atoms with van der Waals surface area (Å²) < 4.78 is 11.4. The summed E-state index contributed by atoms with van der Waals surface area (Å²) in [6.45, 7) is 13.4. The van der Waals surface area contributed by atoms with Crippen LogP contribution in [0.5, 0.6) is 0 Å². The van der Waals surface area contributed by atoms with Gasteiger partial charge in [0.25, 0.3) is 8.32 Å². The Balaban J connectivity index is 5.18. The molecule has 0 aliphatic rings. The van der Waals surface area contributed by atoms with Gasteiger partial charge in [-0.25, -0.2) is 9.59 Å². The Labute approximate surface area is 168 Å². The molecule has 0 aromatic carbocycles. The molecule has 0 rings (SSSR count). The van der Waals surface area contributed by atoms with Crippen molar-refractivity contribution in [1.29, 1.82) is 0 Å². The number of carbonyl (C=O) groups is 2. The fourth-order valence-corrected chi connectivity index (χ4v) is 7.56. The van der Waals surface area contributed by atoms with Gasteiger partial charge in [-0.15, -0.1) is 0 Å². The van der Waals surface area contributed by atoms with Crippen LogP contribution >= 0.6 is 0 Å². The van der Waals surface area contributed by atoms with E-state index in [1.54, 1.807) is 13.8 Å². The number of carbonyl (C=O) groups excluding carboxylic acids is 2. The molecule has 158 valence electrons. The van der Waals surface area contributed by atoms with E-state index < -0.39 is 20.4 Å². The monoisotopic (exact) mass is 398 g/mol. The number of unbranched alkanes of at least 4 members (excludes halogenated alkanes) is 6. The van der Waals surface area contributed by atoms with Crippen LogP contribution in [0.2, 0.25) is 18.1 Å². The van der Waals surface area contributed by atoms with Crippen molar-refractivity contribution in [2.24, 2.45) is 0 Å². The Morgan fingerprint density at radius 1 is 0.852 bits per heavy atom. The molecule has 4 nitrogen and oxygen atoms in total. The lowest BCUT2D eigenvalue weighted by Crippen LogP contribution is -2.43. The zero-order chi connectivity index (χ0) is 20.7. The van der Waals surface area contributed by atoms with Gasteiger partial charge in [-0.3, -0.25) is 0 Å². The highest BCUT2D eigenvalue weighted by molar-refractivity contribution is 6.75. The first-order chi connectivity index (χ1) is 12.8. The van der Waals surface area contributed by atoms with Gasteiger partial charge in [-0.05, 0) is 32.0 Å². The molecule has 27 heavy (non-hydrogen) atoms. The van der Waals surface area contributed by atoms with Crippen molar-refractivity contribution in [3.63, 3.8) is 0 Å². The van der Waals surface area contributed by atoms with E-state index in [-0.39, 0.29) is 5.97 Å². The second-order valence-corrected chi connectivity index (χ2v) is 11.9. The first-order valence-electron chi connectivity index (χ1n) is 10.9. The topological polar surface area (TPSA) is 52.6 Å². The third-order valence-electron chi connectivity index (χ3n) is 4.99. The molecule has 0 radical (unpaired) electrons. The lowest BCUT2D eigenvalue weighted by atomic mass is 10.3. The Hall–Kier alpha value is -1.10. The van der Waals surface area contributed by atoms with E-state index in [4.69, 9.17) is 9.16 Å². The van der Waals surface area contributed by atoms with Gasteiger partial charge in [0.1, 0.15) is 0 Å². The minimum absolute atomic E-state index is 0.298. The second-order valence-electron chi connectivity index (χ2n) is 7.80. The molecule has 0 aromatic rings. The van der Waals surface area contributed by atoms with E-state index in [9.17, 15) is 9.59 Å². The van der Waals surface area contributed by atoms with Gasteiger partial charge in [-0.1, -0.05) is 85.1 Å². The van der Waals surface area contributed by atoms with Crippen molar-refractivity contribution in [2.45, 2.75) is 117 Å². The molecular formula is C22H42O4Si. The van der Waals surface area contributed by atoms with Gasteiger partial charge in [0.05, 0.1) is 0 Å². The van der Waals surface area contributed by atoms with Crippen LogP contribution in [0.3, 0.4) is 0 Å². The van der Waals surface area contributed by atoms with E-state index in [1.807, 2.05) is 0 Å². The standard InChI is InChI=1S/C22H42O4Si/c1-7-10-13-16-27(17-14-11-8-2,18-15-12-9-3)26-22(24)20(6)25-21(23)19(4)5/h20H,4,7-18H2,1-3,5-6H3. The lowest BCUT2D eigenvalue weighted by molar-refractivity contribution is -0.158. The summed E-state index contributed by atoms with van der Waals surface area (Å²) in [6.07, 6.45) is 9.50. The van der Waals surface area contributed by atoms with Crippen LogP contribution < -0.4 is 0 Å². The fraction of sp³-hybridized carbons (Fsp3) is 0.818. The summed E-state index contributed by atoms with van der Waals surface area (Å²) in [5.41, 5.74) is 0.298. The van der Waals surface area contributed by atoms with E-state index >= 15 is 0 Å². The SMILES string of the molecule is C=C(C)C(=O)OC(C)C(=O)O[Si](CCCCC)(CCCCC)CCCCC. The Morgan fingerprint density at radius 2 is 1.26 bits per heavy atom. The molecule has 0 aromatic heterocycles. The maximum atomic E-state index is 12.7. The molecule has 0 aliphatic carbocycles. The molecule has 0 fully saturated rings. The van der Waals surface area contributed by atoms with Crippen LogP contribution in [0.4, 0.5) is 0 Å². The highest BCUT2D eigenvalue weighted by Gasteiger charge is 2.38. The smallest absolute Gasteiger partial charge is 0.333 e. The van der Waals surface area contributed by atoms with Crippen LogP contribution in [0.15, 0.2) is 12.2 Å². The molecule has 1 unspecified atom stereocenters. The first kappa shape index (κ1) is 25.9. The Kier molecular flexibility index (Phi) is 14.3. The number of hydrogen-bond donors (Lipinski definition) is 0. The summed E-state index contributed by atoms with van der Waals surface area (Å²) in [5.74, 6) is -0.907. The van der Waals surface area contributed by atoms with E-state index in [1.165, 1.54) is 19.3 Å². The fourth-order valence-electron chi connectivity index (χ4n) is 3.23. The van der Waals surface area contributed by atoms with Crippen LogP contribution in [0, 0.1) is 0 Å². The van der Waals surface area contributed by atoms with Crippen molar-refractivity contribution >= 4 is 20.3 Å². The molecule has 0 N–H and O–H groups in total. The van der Waals surface area contributed by atoms with E-state index in [0.717, 1.165) is 56.7 Å². The number of esters is 1. The van der Waals surface area contributed by atoms with Crippen molar-refractivity contribution in [3.8, 4) is 0 Å². The molecular weight excluding hydrogens is 356 g/mol. The molecule has 0 spiro atoms. The number of ether oxygens (including phenoxy) is 1. The number of hydrogen-bond acceptors (Lipinski definition) is 4. The third-order valence-corrected chi connectivity index (χ3v) is 9.42. The van der Waals surface area contributed by atoms with Crippen LogP contribution in [-0.2, 0) is 18.8 Å². The van der Waals surface area contributed by atoms with Gasteiger partial charge >= 0.3 is 11.9 Å². The average molecular weight is 399 g/mol. The van der Waals surface area contributed by atoms with Gasteiger partial charge in [0.2, 0.25) is 0 Å². The minimum Gasteiger partial charge on any atom is -0.516 e. The summed E-state index contributed by atoms with van der Waals surface area (Å²) in [6, 6.07) is 3.09. The predicted octanol–water partition coefficient (Wildman–Crippen LogP) is 6.55. The first-order valence-corrected chi connectivity index (χ1v) is 13.4. The highest BCUT2D eigenvalue weighted by atomic mass is 28.4. The van der Waals surface area contributed by atoms with Crippen molar-refractivity contribution in [3.05, 3.63) is 12.2 Å².